The van der Waals surface area contributed by atoms with E-state index in [2.05, 4.69) is 27.5 Å². The lowest BCUT2D eigenvalue weighted by molar-refractivity contribution is -0.124. The summed E-state index contributed by atoms with van der Waals surface area (Å²) in [5.41, 5.74) is 0. The molecular formula is C14H23N5O2. The number of aromatic nitrogens is 2. The third kappa shape index (κ3) is 4.04. The molecule has 21 heavy (non-hydrogen) atoms. The van der Waals surface area contributed by atoms with Crippen molar-refractivity contribution in [3.05, 3.63) is 12.4 Å². The lowest BCUT2D eigenvalue weighted by atomic mass is 10.2. The molecule has 1 aromatic heterocycles. The van der Waals surface area contributed by atoms with Gasteiger partial charge in [-0.2, -0.15) is 0 Å². The fourth-order valence-corrected chi connectivity index (χ4v) is 2.22. The van der Waals surface area contributed by atoms with E-state index >= 15 is 0 Å². The normalized spacial score (nSPS) is 18.4. The molecule has 0 spiro atoms. The molecule has 0 aliphatic carbocycles. The van der Waals surface area contributed by atoms with Gasteiger partial charge in [0.1, 0.15) is 17.7 Å². The summed E-state index contributed by atoms with van der Waals surface area (Å²) in [7, 11) is 0. The molecule has 1 aromatic rings. The Morgan fingerprint density at radius 1 is 1.48 bits per heavy atom. The number of hydrogen-bond acceptors (Lipinski definition) is 6. The molecule has 1 aliphatic heterocycles. The van der Waals surface area contributed by atoms with Crippen LogP contribution in [-0.4, -0.2) is 54.8 Å². The first-order valence-corrected chi connectivity index (χ1v) is 7.44. The fourth-order valence-electron chi connectivity index (χ4n) is 2.22. The van der Waals surface area contributed by atoms with Gasteiger partial charge in [0.15, 0.2) is 0 Å². The summed E-state index contributed by atoms with van der Waals surface area (Å²) in [6.07, 6.45) is 4.40. The van der Waals surface area contributed by atoms with Crippen LogP contribution < -0.4 is 15.5 Å². The first-order chi connectivity index (χ1) is 10.3. The Labute approximate surface area is 125 Å². The Kier molecular flexibility index (Phi) is 5.74. The maximum Gasteiger partial charge on any atom is 0.245 e. The van der Waals surface area contributed by atoms with E-state index in [4.69, 9.17) is 4.74 Å². The molecule has 0 saturated carbocycles. The summed E-state index contributed by atoms with van der Waals surface area (Å²) < 4.78 is 5.43. The minimum Gasteiger partial charge on any atom is -0.377 e. The van der Waals surface area contributed by atoms with Crippen molar-refractivity contribution in [1.29, 1.82) is 0 Å². The zero-order chi connectivity index (χ0) is 15.1. The summed E-state index contributed by atoms with van der Waals surface area (Å²) in [6, 6.07) is -0.352. The molecule has 2 rings (SSSR count). The van der Waals surface area contributed by atoms with E-state index < -0.39 is 0 Å². The van der Waals surface area contributed by atoms with Crippen LogP contribution in [0.5, 0.6) is 0 Å². The molecule has 1 aliphatic rings. The molecule has 2 heterocycles. The molecule has 7 nitrogen and oxygen atoms in total. The van der Waals surface area contributed by atoms with E-state index in [0.717, 1.165) is 18.8 Å². The molecule has 1 atom stereocenters. The number of hydrogen-bond donors (Lipinski definition) is 2. The van der Waals surface area contributed by atoms with E-state index in [1.165, 1.54) is 0 Å². The number of morpholine rings is 1. The molecule has 1 unspecified atom stereocenters. The number of nitrogens with zero attached hydrogens (tertiary/aromatic N) is 3. The number of carbonyl (C=O) groups is 1. The van der Waals surface area contributed by atoms with Gasteiger partial charge in [0, 0.05) is 19.6 Å². The molecule has 0 radical (unpaired) electrons. The van der Waals surface area contributed by atoms with Crippen LogP contribution in [0.2, 0.25) is 0 Å². The maximum atomic E-state index is 12.1. The summed E-state index contributed by atoms with van der Waals surface area (Å²) in [6.45, 7) is 7.05. The van der Waals surface area contributed by atoms with Crippen molar-refractivity contribution in [2.75, 3.05) is 43.1 Å². The van der Waals surface area contributed by atoms with Gasteiger partial charge >= 0.3 is 0 Å². The summed E-state index contributed by atoms with van der Waals surface area (Å²) >= 11 is 0. The number of carbonyl (C=O) groups excluding carboxylic acids is 1. The zero-order valence-corrected chi connectivity index (χ0v) is 12.6. The zero-order valence-electron chi connectivity index (χ0n) is 12.6. The number of rotatable bonds is 6. The van der Waals surface area contributed by atoms with Crippen LogP contribution in [0.3, 0.4) is 0 Å². The van der Waals surface area contributed by atoms with Gasteiger partial charge in [-0.1, -0.05) is 6.92 Å². The van der Waals surface area contributed by atoms with E-state index in [1.54, 1.807) is 12.4 Å². The van der Waals surface area contributed by atoms with Gasteiger partial charge in [-0.3, -0.25) is 9.78 Å². The standard InChI is InChI=1S/C14H23N5O2/c1-3-5-17-12-8-15-9-13(18-12)19-6-7-21-10-11(19)14(20)16-4-2/h8-9,11H,3-7,10H2,1-2H3,(H,16,20)(H,17,18). The quantitative estimate of drug-likeness (QED) is 0.801. The molecule has 116 valence electrons. The van der Waals surface area contributed by atoms with Crippen LogP contribution in [-0.2, 0) is 9.53 Å². The van der Waals surface area contributed by atoms with Crippen molar-refractivity contribution in [3.63, 3.8) is 0 Å². The summed E-state index contributed by atoms with van der Waals surface area (Å²) in [5, 5.41) is 6.05. The predicted octanol–water partition coefficient (Wildman–Crippen LogP) is 0.640. The van der Waals surface area contributed by atoms with Gasteiger partial charge in [0.25, 0.3) is 0 Å². The fraction of sp³-hybridized carbons (Fsp3) is 0.643. The Balaban J connectivity index is 2.14. The van der Waals surface area contributed by atoms with Crippen LogP contribution in [0.1, 0.15) is 20.3 Å². The second kappa shape index (κ2) is 7.78. The van der Waals surface area contributed by atoms with Gasteiger partial charge < -0.3 is 20.3 Å². The van der Waals surface area contributed by atoms with E-state index in [1.807, 2.05) is 11.8 Å². The molecule has 0 aromatic carbocycles. The second-order valence-corrected chi connectivity index (χ2v) is 4.87. The lowest BCUT2D eigenvalue weighted by Crippen LogP contribution is -2.54. The van der Waals surface area contributed by atoms with Crippen LogP contribution in [0, 0.1) is 0 Å². The van der Waals surface area contributed by atoms with Gasteiger partial charge in [0.2, 0.25) is 5.91 Å². The highest BCUT2D eigenvalue weighted by molar-refractivity contribution is 5.85. The third-order valence-corrected chi connectivity index (χ3v) is 3.25. The molecule has 7 heteroatoms. The van der Waals surface area contributed by atoms with Crippen LogP contribution in [0.15, 0.2) is 12.4 Å². The highest BCUT2D eigenvalue weighted by Gasteiger charge is 2.30. The molecule has 1 fully saturated rings. The number of nitrogens with one attached hydrogen (secondary N) is 2. The summed E-state index contributed by atoms with van der Waals surface area (Å²) in [5.74, 6) is 1.40. The van der Waals surface area contributed by atoms with Gasteiger partial charge in [-0.05, 0) is 13.3 Å². The number of anilines is 2. The van der Waals surface area contributed by atoms with Crippen molar-refractivity contribution in [2.24, 2.45) is 0 Å². The molecule has 2 N–H and O–H groups in total. The third-order valence-electron chi connectivity index (χ3n) is 3.25. The highest BCUT2D eigenvalue weighted by atomic mass is 16.5. The highest BCUT2D eigenvalue weighted by Crippen LogP contribution is 2.18. The number of ether oxygens (including phenoxy) is 1. The first-order valence-electron chi connectivity index (χ1n) is 7.44. The van der Waals surface area contributed by atoms with Crippen LogP contribution >= 0.6 is 0 Å². The van der Waals surface area contributed by atoms with Crippen LogP contribution in [0.4, 0.5) is 11.6 Å². The molecular weight excluding hydrogens is 270 g/mol. The smallest absolute Gasteiger partial charge is 0.245 e. The van der Waals surface area contributed by atoms with E-state index in [0.29, 0.717) is 32.1 Å². The monoisotopic (exact) mass is 293 g/mol. The Bertz CT molecular complexity index is 468. The van der Waals surface area contributed by atoms with Crippen molar-refractivity contribution >= 4 is 17.5 Å². The van der Waals surface area contributed by atoms with Crippen LogP contribution in [0.25, 0.3) is 0 Å². The van der Waals surface area contributed by atoms with Crippen molar-refractivity contribution in [2.45, 2.75) is 26.3 Å². The molecule has 0 bridgehead atoms. The second-order valence-electron chi connectivity index (χ2n) is 4.87. The van der Waals surface area contributed by atoms with Crippen molar-refractivity contribution in [3.8, 4) is 0 Å². The Hall–Kier alpha value is -1.89. The number of amides is 1. The Morgan fingerprint density at radius 2 is 2.33 bits per heavy atom. The first kappa shape index (κ1) is 15.5. The maximum absolute atomic E-state index is 12.1. The van der Waals surface area contributed by atoms with Crippen molar-refractivity contribution in [1.82, 2.24) is 15.3 Å². The topological polar surface area (TPSA) is 79.4 Å². The van der Waals surface area contributed by atoms with Gasteiger partial charge in [-0.15, -0.1) is 0 Å². The largest absolute Gasteiger partial charge is 0.377 e. The van der Waals surface area contributed by atoms with E-state index in [-0.39, 0.29) is 11.9 Å². The number of likely N-dealkylation sites (N-methyl/N-ethyl adjacent to an activating group) is 1. The SMILES string of the molecule is CCCNc1cncc(N2CCOCC2C(=O)NCC)n1. The van der Waals surface area contributed by atoms with Gasteiger partial charge in [-0.25, -0.2) is 4.98 Å². The summed E-state index contributed by atoms with van der Waals surface area (Å²) in [4.78, 5) is 22.9. The minimum absolute atomic E-state index is 0.0362. The predicted molar refractivity (Wildman–Crippen MR) is 81.4 cm³/mol. The van der Waals surface area contributed by atoms with Crippen molar-refractivity contribution < 1.29 is 9.53 Å². The average Bonchev–Trinajstić information content (AvgIpc) is 2.53. The van der Waals surface area contributed by atoms with E-state index in [9.17, 15) is 4.79 Å². The van der Waals surface area contributed by atoms with Gasteiger partial charge in [0.05, 0.1) is 25.6 Å². The molecule has 1 saturated heterocycles. The molecule has 1 amide bonds. The lowest BCUT2D eigenvalue weighted by Gasteiger charge is -2.35. The minimum atomic E-state index is -0.352. The average molecular weight is 293 g/mol. The Morgan fingerprint density at radius 3 is 3.10 bits per heavy atom.